The van der Waals surface area contributed by atoms with E-state index in [0.29, 0.717) is 18.7 Å². The molecule has 104 valence electrons. The molecule has 1 aliphatic rings. The maximum atomic E-state index is 11.3. The van der Waals surface area contributed by atoms with E-state index in [1.165, 1.54) is 7.11 Å². The molecule has 6 nitrogen and oxygen atoms in total. The van der Waals surface area contributed by atoms with Crippen molar-refractivity contribution in [3.8, 4) is 0 Å². The third-order valence-corrected chi connectivity index (χ3v) is 3.62. The van der Waals surface area contributed by atoms with Crippen LogP contribution in [-0.4, -0.2) is 47.0 Å². The molecule has 0 N–H and O–H groups in total. The first kappa shape index (κ1) is 14.0. The van der Waals surface area contributed by atoms with Crippen LogP contribution in [0.5, 0.6) is 0 Å². The van der Waals surface area contributed by atoms with Crippen LogP contribution in [0, 0.1) is 0 Å². The molecule has 2 rings (SSSR count). The van der Waals surface area contributed by atoms with Gasteiger partial charge in [-0.3, -0.25) is 4.21 Å². The van der Waals surface area contributed by atoms with Gasteiger partial charge in [-0.05, 0) is 35.3 Å². The minimum absolute atomic E-state index is 0.285. The van der Waals surface area contributed by atoms with Gasteiger partial charge in [0.1, 0.15) is 5.44 Å². The van der Waals surface area contributed by atoms with Gasteiger partial charge in [-0.1, -0.05) is 0 Å². The zero-order chi connectivity index (χ0) is 13.8. The van der Waals surface area contributed by atoms with Crippen molar-refractivity contribution in [2.45, 2.75) is 5.44 Å². The number of ether oxygens (including phenoxy) is 2. The lowest BCUT2D eigenvalue weighted by atomic mass is 10.2. The van der Waals surface area contributed by atoms with Crippen molar-refractivity contribution in [2.75, 3.05) is 31.7 Å². The van der Waals surface area contributed by atoms with Crippen molar-refractivity contribution in [1.82, 2.24) is 0 Å². The number of anilines is 1. The van der Waals surface area contributed by atoms with Gasteiger partial charge in [0, 0.05) is 12.2 Å². The molecule has 1 saturated heterocycles. The van der Waals surface area contributed by atoms with Gasteiger partial charge in [-0.2, -0.15) is 0 Å². The standard InChI is InChI=1S/C12H15NO5S/c1-17-12(14)9-2-4-10(5-3-9)13-6-7-18-11(8-13)19(15)16/h2-5,11H,6-8H2,1H3,(H,15,16)/p-1/t11-/m0/s1. The summed E-state index contributed by atoms with van der Waals surface area (Å²) in [6.45, 7) is 1.26. The number of hydrogen-bond acceptors (Lipinski definition) is 6. The van der Waals surface area contributed by atoms with Crippen LogP contribution in [0.4, 0.5) is 5.69 Å². The molecule has 1 heterocycles. The number of methoxy groups -OCH3 is 1. The van der Waals surface area contributed by atoms with Gasteiger partial charge in [0.2, 0.25) is 0 Å². The Kier molecular flexibility index (Phi) is 4.52. The largest absolute Gasteiger partial charge is 0.770 e. The Morgan fingerprint density at radius 2 is 2.16 bits per heavy atom. The van der Waals surface area contributed by atoms with E-state index in [-0.39, 0.29) is 6.54 Å². The SMILES string of the molecule is COC(=O)c1ccc(N2CCO[C@@H](S(=O)[O-])C2)cc1. The third kappa shape index (κ3) is 3.31. The number of carbonyl (C=O) groups excluding carboxylic acids is 1. The summed E-state index contributed by atoms with van der Waals surface area (Å²) < 4.78 is 31.6. The molecule has 1 aliphatic heterocycles. The van der Waals surface area contributed by atoms with Crippen LogP contribution in [0.2, 0.25) is 0 Å². The molecule has 1 unspecified atom stereocenters. The zero-order valence-corrected chi connectivity index (χ0v) is 11.2. The fraction of sp³-hybridized carbons (Fsp3) is 0.417. The number of morpholine rings is 1. The van der Waals surface area contributed by atoms with Gasteiger partial charge in [0.15, 0.2) is 0 Å². The van der Waals surface area contributed by atoms with Crippen molar-refractivity contribution in [1.29, 1.82) is 0 Å². The molecule has 19 heavy (non-hydrogen) atoms. The number of esters is 1. The minimum atomic E-state index is -2.25. The van der Waals surface area contributed by atoms with Crippen LogP contribution in [0.1, 0.15) is 10.4 Å². The van der Waals surface area contributed by atoms with Gasteiger partial charge in [-0.25, -0.2) is 4.79 Å². The number of nitrogens with zero attached hydrogens (tertiary/aromatic N) is 1. The third-order valence-electron chi connectivity index (χ3n) is 2.90. The fourth-order valence-electron chi connectivity index (χ4n) is 1.90. The summed E-state index contributed by atoms with van der Waals surface area (Å²) in [5.41, 5.74) is 0.504. The van der Waals surface area contributed by atoms with Gasteiger partial charge in [0.05, 0.1) is 25.8 Å². The van der Waals surface area contributed by atoms with E-state index in [9.17, 15) is 13.6 Å². The van der Waals surface area contributed by atoms with Crippen molar-refractivity contribution < 1.29 is 23.0 Å². The summed E-state index contributed by atoms with van der Waals surface area (Å²) in [6.07, 6.45) is 0. The first-order valence-corrected chi connectivity index (χ1v) is 6.88. The highest BCUT2D eigenvalue weighted by molar-refractivity contribution is 7.79. The summed E-state index contributed by atoms with van der Waals surface area (Å²) >= 11 is -2.25. The van der Waals surface area contributed by atoms with Gasteiger partial charge in [-0.15, -0.1) is 0 Å². The second-order valence-electron chi connectivity index (χ2n) is 4.05. The molecule has 0 saturated carbocycles. The number of hydrogen-bond donors (Lipinski definition) is 0. The van der Waals surface area contributed by atoms with E-state index in [4.69, 9.17) is 4.74 Å². The quantitative estimate of drug-likeness (QED) is 0.594. The first-order valence-electron chi connectivity index (χ1n) is 5.75. The highest BCUT2D eigenvalue weighted by atomic mass is 32.2. The molecular formula is C12H14NO5S-. The Balaban J connectivity index is 2.09. The number of rotatable bonds is 3. The van der Waals surface area contributed by atoms with Crippen LogP contribution >= 0.6 is 0 Å². The lowest BCUT2D eigenvalue weighted by Gasteiger charge is -2.35. The molecule has 2 atom stereocenters. The predicted octanol–water partition coefficient (Wildman–Crippen LogP) is 0.515. The van der Waals surface area contributed by atoms with E-state index in [2.05, 4.69) is 4.74 Å². The molecule has 0 aromatic heterocycles. The maximum Gasteiger partial charge on any atom is 0.337 e. The smallest absolute Gasteiger partial charge is 0.337 e. The molecule has 7 heteroatoms. The van der Waals surface area contributed by atoms with E-state index >= 15 is 0 Å². The average Bonchev–Trinajstić information content (AvgIpc) is 2.46. The molecule has 0 aliphatic carbocycles. The molecule has 0 spiro atoms. The Labute approximate surface area is 113 Å². The van der Waals surface area contributed by atoms with Crippen molar-refractivity contribution in [3.63, 3.8) is 0 Å². The topological polar surface area (TPSA) is 78.9 Å². The monoisotopic (exact) mass is 284 g/mol. The minimum Gasteiger partial charge on any atom is -0.770 e. The molecular weight excluding hydrogens is 270 g/mol. The fourth-order valence-corrected chi connectivity index (χ4v) is 2.40. The van der Waals surface area contributed by atoms with Crippen LogP contribution in [0.25, 0.3) is 0 Å². The Hall–Kier alpha value is -1.44. The van der Waals surface area contributed by atoms with Crippen molar-refractivity contribution in [3.05, 3.63) is 29.8 Å². The zero-order valence-electron chi connectivity index (χ0n) is 10.4. The number of benzene rings is 1. The number of carbonyl (C=O) groups is 1. The molecule has 1 fully saturated rings. The van der Waals surface area contributed by atoms with Crippen molar-refractivity contribution in [2.24, 2.45) is 0 Å². The van der Waals surface area contributed by atoms with Crippen LogP contribution in [0.3, 0.4) is 0 Å². The van der Waals surface area contributed by atoms with E-state index in [1.54, 1.807) is 24.3 Å². The van der Waals surface area contributed by atoms with Crippen LogP contribution < -0.4 is 4.90 Å². The van der Waals surface area contributed by atoms with Gasteiger partial charge in [0.25, 0.3) is 0 Å². The summed E-state index contributed by atoms with van der Waals surface area (Å²) in [6, 6.07) is 6.84. The van der Waals surface area contributed by atoms with Crippen molar-refractivity contribution >= 4 is 22.7 Å². The van der Waals surface area contributed by atoms with E-state index < -0.39 is 22.5 Å². The van der Waals surface area contributed by atoms with Crippen LogP contribution in [0.15, 0.2) is 24.3 Å². The molecule has 0 amide bonds. The highest BCUT2D eigenvalue weighted by Crippen LogP contribution is 2.19. The summed E-state index contributed by atoms with van der Waals surface area (Å²) in [7, 11) is 1.33. The second kappa shape index (κ2) is 6.14. The molecule has 0 bridgehead atoms. The highest BCUT2D eigenvalue weighted by Gasteiger charge is 2.21. The van der Waals surface area contributed by atoms with Gasteiger partial charge < -0.3 is 18.9 Å². The van der Waals surface area contributed by atoms with E-state index in [0.717, 1.165) is 5.69 Å². The first-order chi connectivity index (χ1) is 9.11. The molecule has 0 radical (unpaired) electrons. The lowest BCUT2D eigenvalue weighted by Crippen LogP contribution is -2.44. The van der Waals surface area contributed by atoms with Crippen LogP contribution in [-0.2, 0) is 20.6 Å². The summed E-state index contributed by atoms with van der Waals surface area (Å²) in [5.74, 6) is -0.396. The normalized spacial score (nSPS) is 20.9. The second-order valence-corrected chi connectivity index (χ2v) is 5.09. The Bertz CT molecular complexity index is 476. The molecule has 1 aromatic rings. The predicted molar refractivity (Wildman–Crippen MR) is 68.7 cm³/mol. The lowest BCUT2D eigenvalue weighted by molar-refractivity contribution is 0.0600. The summed E-state index contributed by atoms with van der Waals surface area (Å²) in [5, 5.41) is 0. The Morgan fingerprint density at radius 1 is 1.47 bits per heavy atom. The average molecular weight is 284 g/mol. The maximum absolute atomic E-state index is 11.3. The molecule has 1 aromatic carbocycles. The van der Waals surface area contributed by atoms with E-state index in [1.807, 2.05) is 4.90 Å². The Morgan fingerprint density at radius 3 is 2.74 bits per heavy atom. The summed E-state index contributed by atoms with van der Waals surface area (Å²) in [4.78, 5) is 13.2. The van der Waals surface area contributed by atoms with Gasteiger partial charge >= 0.3 is 5.97 Å².